The van der Waals surface area contributed by atoms with E-state index >= 15 is 0 Å². The van der Waals surface area contributed by atoms with Crippen molar-refractivity contribution in [3.05, 3.63) is 69.5 Å². The third kappa shape index (κ3) is 3.85. The first-order valence-electron chi connectivity index (χ1n) is 8.06. The first-order valence-corrected chi connectivity index (χ1v) is 8.06. The van der Waals surface area contributed by atoms with Crippen LogP contribution in [0.2, 0.25) is 0 Å². The van der Waals surface area contributed by atoms with E-state index in [0.29, 0.717) is 25.1 Å². The monoisotopic (exact) mass is 357 g/mol. The molecule has 2 aromatic carbocycles. The van der Waals surface area contributed by atoms with E-state index in [1.165, 1.54) is 6.07 Å². The highest BCUT2D eigenvalue weighted by atomic mass is 19.1. The number of rotatable bonds is 5. The maximum Gasteiger partial charge on any atom is 0.306 e. The average molecular weight is 357 g/mol. The highest BCUT2D eigenvalue weighted by Crippen LogP contribution is 2.22. The Morgan fingerprint density at radius 3 is 2.77 bits per heavy atom. The Morgan fingerprint density at radius 2 is 2.08 bits per heavy atom. The summed E-state index contributed by atoms with van der Waals surface area (Å²) in [6.07, 6.45) is 1.38. The molecule has 0 spiro atoms. The molecular formula is C18H16FN3O4. The summed E-state index contributed by atoms with van der Waals surface area (Å²) in [5.74, 6) is -1.34. The molecule has 0 saturated carbocycles. The number of hydrogen-bond acceptors (Lipinski definition) is 4. The van der Waals surface area contributed by atoms with Gasteiger partial charge in [0, 0.05) is 36.8 Å². The van der Waals surface area contributed by atoms with E-state index in [0.717, 1.165) is 24.1 Å². The van der Waals surface area contributed by atoms with E-state index in [9.17, 15) is 24.1 Å². The van der Waals surface area contributed by atoms with Crippen molar-refractivity contribution in [3.8, 4) is 0 Å². The average Bonchev–Trinajstić information content (AvgIpc) is 3.01. The first-order chi connectivity index (χ1) is 12.4. The van der Waals surface area contributed by atoms with Gasteiger partial charge in [0.25, 0.3) is 5.91 Å². The van der Waals surface area contributed by atoms with Gasteiger partial charge in [-0.2, -0.15) is 4.39 Å². The van der Waals surface area contributed by atoms with Gasteiger partial charge >= 0.3 is 5.69 Å². The largest absolute Gasteiger partial charge is 0.338 e. The first kappa shape index (κ1) is 17.5. The van der Waals surface area contributed by atoms with Crippen LogP contribution in [0.4, 0.5) is 15.8 Å². The zero-order valence-electron chi connectivity index (χ0n) is 13.8. The molecule has 1 heterocycles. The number of halogens is 1. The highest BCUT2D eigenvalue weighted by molar-refractivity contribution is 6.04. The van der Waals surface area contributed by atoms with Crippen LogP contribution in [0.25, 0.3) is 0 Å². The summed E-state index contributed by atoms with van der Waals surface area (Å²) in [6.45, 7) is 1.14. The molecule has 0 radical (unpaired) electrons. The fourth-order valence-corrected chi connectivity index (χ4v) is 2.84. The van der Waals surface area contributed by atoms with Crippen molar-refractivity contribution >= 4 is 23.2 Å². The van der Waals surface area contributed by atoms with Gasteiger partial charge in [0.2, 0.25) is 11.7 Å². The number of benzene rings is 2. The maximum absolute atomic E-state index is 13.4. The molecule has 134 valence electrons. The second-order valence-corrected chi connectivity index (χ2v) is 6.00. The molecule has 0 aromatic heterocycles. The summed E-state index contributed by atoms with van der Waals surface area (Å²) in [5.41, 5.74) is 0.589. The second kappa shape index (κ2) is 7.30. The second-order valence-electron chi connectivity index (χ2n) is 6.00. The number of nitro groups is 1. The summed E-state index contributed by atoms with van der Waals surface area (Å²) >= 11 is 0. The summed E-state index contributed by atoms with van der Waals surface area (Å²) < 4.78 is 13.4. The van der Waals surface area contributed by atoms with Crippen molar-refractivity contribution in [1.82, 2.24) is 4.90 Å². The number of amides is 2. The van der Waals surface area contributed by atoms with Crippen LogP contribution < -0.4 is 5.32 Å². The molecule has 3 rings (SSSR count). The van der Waals surface area contributed by atoms with Gasteiger partial charge in [-0.1, -0.05) is 12.1 Å². The predicted octanol–water partition coefficient (Wildman–Crippen LogP) is 3.11. The number of nitrogens with zero attached hydrogens (tertiary/aromatic N) is 2. The minimum absolute atomic E-state index is 0.0958. The molecule has 1 fully saturated rings. The molecule has 0 atom stereocenters. The van der Waals surface area contributed by atoms with Gasteiger partial charge < -0.3 is 10.2 Å². The molecule has 0 aliphatic carbocycles. The summed E-state index contributed by atoms with van der Waals surface area (Å²) in [7, 11) is 0. The molecule has 1 aliphatic heterocycles. The normalized spacial score (nSPS) is 13.7. The van der Waals surface area contributed by atoms with E-state index < -0.39 is 22.3 Å². The lowest BCUT2D eigenvalue weighted by Gasteiger charge is -2.16. The van der Waals surface area contributed by atoms with Gasteiger partial charge in [-0.3, -0.25) is 19.7 Å². The molecule has 26 heavy (non-hydrogen) atoms. The number of nitro benzene ring substituents is 1. The Hall–Kier alpha value is -3.29. The lowest BCUT2D eigenvalue weighted by atomic mass is 10.1. The quantitative estimate of drug-likeness (QED) is 0.657. The number of hydrogen-bond donors (Lipinski definition) is 1. The van der Waals surface area contributed by atoms with Crippen LogP contribution in [-0.2, 0) is 11.3 Å². The van der Waals surface area contributed by atoms with Crippen LogP contribution in [-0.4, -0.2) is 28.2 Å². The highest BCUT2D eigenvalue weighted by Gasteiger charge is 2.20. The van der Waals surface area contributed by atoms with Crippen LogP contribution in [0.5, 0.6) is 0 Å². The number of nitrogens with one attached hydrogen (secondary N) is 1. The van der Waals surface area contributed by atoms with E-state index in [-0.39, 0.29) is 11.6 Å². The van der Waals surface area contributed by atoms with Crippen molar-refractivity contribution in [2.45, 2.75) is 19.4 Å². The van der Waals surface area contributed by atoms with E-state index in [1.807, 2.05) is 6.07 Å². The van der Waals surface area contributed by atoms with Crippen LogP contribution in [0, 0.1) is 15.9 Å². The molecule has 1 N–H and O–H groups in total. The van der Waals surface area contributed by atoms with Gasteiger partial charge in [-0.25, -0.2) is 0 Å². The molecule has 0 unspecified atom stereocenters. The van der Waals surface area contributed by atoms with Crippen molar-refractivity contribution in [1.29, 1.82) is 0 Å². The smallest absolute Gasteiger partial charge is 0.306 e. The predicted molar refractivity (Wildman–Crippen MR) is 92.1 cm³/mol. The maximum atomic E-state index is 13.4. The van der Waals surface area contributed by atoms with Gasteiger partial charge in [0.1, 0.15) is 0 Å². The van der Waals surface area contributed by atoms with Crippen molar-refractivity contribution in [2.75, 3.05) is 11.9 Å². The number of likely N-dealkylation sites (tertiary alicyclic amines) is 1. The Bertz CT molecular complexity index is 884. The van der Waals surface area contributed by atoms with Gasteiger partial charge in [0.15, 0.2) is 0 Å². The lowest BCUT2D eigenvalue weighted by Crippen LogP contribution is -2.24. The van der Waals surface area contributed by atoms with Crippen LogP contribution in [0.1, 0.15) is 28.8 Å². The molecule has 2 aromatic rings. The van der Waals surface area contributed by atoms with E-state index in [4.69, 9.17) is 0 Å². The Kier molecular flexibility index (Phi) is 4.92. The zero-order valence-corrected chi connectivity index (χ0v) is 13.8. The standard InChI is InChI=1S/C18H16FN3O4/c19-15-7-6-14(10-16(15)22(25)26)20-18(24)13-4-1-3-12(9-13)11-21-8-2-5-17(21)23/h1,3-4,6-7,9-10H,2,5,8,11H2,(H,20,24). The Labute approximate surface area is 148 Å². The SMILES string of the molecule is O=C(Nc1ccc(F)c([N+](=O)[O-])c1)c1cccc(CN2CCCC2=O)c1. The number of carbonyl (C=O) groups excluding carboxylic acids is 2. The zero-order chi connectivity index (χ0) is 18.7. The number of carbonyl (C=O) groups is 2. The van der Waals surface area contributed by atoms with E-state index in [1.54, 1.807) is 23.1 Å². The van der Waals surface area contributed by atoms with Crippen molar-refractivity contribution in [2.24, 2.45) is 0 Å². The minimum Gasteiger partial charge on any atom is -0.338 e. The molecule has 1 aliphatic rings. The Morgan fingerprint density at radius 1 is 1.27 bits per heavy atom. The van der Waals surface area contributed by atoms with Crippen LogP contribution in [0.15, 0.2) is 42.5 Å². The van der Waals surface area contributed by atoms with Crippen molar-refractivity contribution in [3.63, 3.8) is 0 Å². The molecule has 1 saturated heterocycles. The fourth-order valence-electron chi connectivity index (χ4n) is 2.84. The minimum atomic E-state index is -0.967. The van der Waals surface area contributed by atoms with Gasteiger partial charge in [-0.05, 0) is 36.2 Å². The molecule has 2 amide bonds. The molecule has 0 bridgehead atoms. The lowest BCUT2D eigenvalue weighted by molar-refractivity contribution is -0.387. The topological polar surface area (TPSA) is 92.5 Å². The molecule has 7 nitrogen and oxygen atoms in total. The summed E-state index contributed by atoms with van der Waals surface area (Å²) in [4.78, 5) is 35.8. The molecule has 8 heteroatoms. The van der Waals surface area contributed by atoms with Gasteiger partial charge in [-0.15, -0.1) is 0 Å². The Balaban J connectivity index is 1.74. The number of anilines is 1. The fraction of sp³-hybridized carbons (Fsp3) is 0.222. The molecular weight excluding hydrogens is 341 g/mol. The van der Waals surface area contributed by atoms with E-state index in [2.05, 4.69) is 5.32 Å². The van der Waals surface area contributed by atoms with Crippen LogP contribution in [0.3, 0.4) is 0 Å². The third-order valence-corrected chi connectivity index (χ3v) is 4.13. The summed E-state index contributed by atoms with van der Waals surface area (Å²) in [5, 5.41) is 13.3. The third-order valence-electron chi connectivity index (χ3n) is 4.13. The van der Waals surface area contributed by atoms with Crippen molar-refractivity contribution < 1.29 is 18.9 Å². The van der Waals surface area contributed by atoms with Crippen LogP contribution >= 0.6 is 0 Å². The summed E-state index contributed by atoms with van der Waals surface area (Å²) in [6, 6.07) is 9.96. The van der Waals surface area contributed by atoms with Gasteiger partial charge in [0.05, 0.1) is 4.92 Å².